The number of aromatic nitrogens is 4. The monoisotopic (exact) mass is 848 g/mol. The highest BCUT2D eigenvalue weighted by Crippen LogP contribution is 2.37. The molecule has 2 aromatic carbocycles. The maximum atomic E-state index is 14.6. The number of amides is 3. The summed E-state index contributed by atoms with van der Waals surface area (Å²) in [5.41, 5.74) is 15.2. The van der Waals surface area contributed by atoms with E-state index in [4.69, 9.17) is 28.8 Å². The number of hydrogen-bond acceptors (Lipinski definition) is 9. The molecular weight excluding hydrogens is 802 g/mol. The van der Waals surface area contributed by atoms with Crippen LogP contribution in [-0.2, 0) is 22.8 Å². The van der Waals surface area contributed by atoms with E-state index in [1.165, 1.54) is 37.4 Å². The van der Waals surface area contributed by atoms with Crippen LogP contribution in [-0.4, -0.2) is 128 Å². The predicted molar refractivity (Wildman–Crippen MR) is 211 cm³/mol. The maximum Gasteiger partial charge on any atom is 0.435 e. The van der Waals surface area contributed by atoms with Gasteiger partial charge in [0.25, 0.3) is 11.8 Å². The zero-order valence-corrected chi connectivity index (χ0v) is 33.1. The molecular formula is C38H47ClF4N11O5+. The lowest BCUT2D eigenvalue weighted by Crippen LogP contribution is -2.54. The number of nitrogens with two attached hydrogens (primary N) is 3. The van der Waals surface area contributed by atoms with Crippen molar-refractivity contribution in [3.8, 4) is 16.9 Å². The van der Waals surface area contributed by atoms with Crippen molar-refractivity contribution in [1.29, 1.82) is 0 Å². The molecule has 1 saturated heterocycles. The number of piperazine rings is 1. The number of carboxylic acids is 1. The summed E-state index contributed by atoms with van der Waals surface area (Å²) in [5, 5.41) is 15.8. The van der Waals surface area contributed by atoms with Crippen molar-refractivity contribution in [2.45, 2.75) is 31.9 Å². The van der Waals surface area contributed by atoms with Gasteiger partial charge in [-0.1, -0.05) is 11.6 Å². The number of nitrogens with one attached hydrogen (secondary N) is 1. The van der Waals surface area contributed by atoms with Crippen LogP contribution in [0.25, 0.3) is 16.9 Å². The van der Waals surface area contributed by atoms with E-state index < -0.39 is 35.1 Å². The van der Waals surface area contributed by atoms with E-state index >= 15 is 0 Å². The lowest BCUT2D eigenvalue weighted by molar-refractivity contribution is -0.921. The number of imidazole rings is 1. The number of hydrogen-bond donors (Lipinski definition) is 5. The van der Waals surface area contributed by atoms with Gasteiger partial charge in [-0.05, 0) is 49.5 Å². The third kappa shape index (κ3) is 10.7. The molecule has 0 aliphatic carbocycles. The Labute approximate surface area is 342 Å². The Morgan fingerprint density at radius 3 is 2.19 bits per heavy atom. The van der Waals surface area contributed by atoms with E-state index in [0.29, 0.717) is 69.6 Å². The average Bonchev–Trinajstić information content (AvgIpc) is 3.80. The van der Waals surface area contributed by atoms with Gasteiger partial charge in [0, 0.05) is 76.5 Å². The number of carboxylic acid groups (broad SMARTS) is 1. The van der Waals surface area contributed by atoms with Crippen LogP contribution in [0.15, 0.2) is 48.8 Å². The Balaban J connectivity index is 1.19. The summed E-state index contributed by atoms with van der Waals surface area (Å²) in [7, 11) is 1.34. The highest BCUT2D eigenvalue weighted by Gasteiger charge is 2.39. The van der Waals surface area contributed by atoms with Gasteiger partial charge in [0.2, 0.25) is 5.91 Å². The minimum atomic E-state index is -4.94. The van der Waals surface area contributed by atoms with E-state index in [-0.39, 0.29) is 77.0 Å². The van der Waals surface area contributed by atoms with Gasteiger partial charge >= 0.3 is 12.1 Å². The Hall–Kier alpha value is -5.57. The number of anilines is 2. The number of halogens is 5. The van der Waals surface area contributed by atoms with E-state index in [1.807, 2.05) is 0 Å². The Bertz CT molecular complexity index is 2160. The molecule has 318 valence electrons. The van der Waals surface area contributed by atoms with Crippen molar-refractivity contribution in [3.05, 3.63) is 76.7 Å². The molecule has 8 N–H and O–H groups in total. The second-order valence-corrected chi connectivity index (χ2v) is 14.8. The summed E-state index contributed by atoms with van der Waals surface area (Å²) >= 11 is 6.50. The van der Waals surface area contributed by atoms with Gasteiger partial charge in [-0.15, -0.1) is 0 Å². The number of carbonyl (C=O) groups is 4. The molecule has 0 unspecified atom stereocenters. The minimum Gasteiger partial charge on any atom is -0.477 e. The average molecular weight is 849 g/mol. The molecule has 59 heavy (non-hydrogen) atoms. The number of carbonyl (C=O) groups excluding carboxylic acids is 3. The molecule has 1 fully saturated rings. The first-order valence-corrected chi connectivity index (χ1v) is 19.2. The fraction of sp³-hybridized carbons (Fsp3) is 0.421. The molecule has 1 aliphatic rings. The van der Waals surface area contributed by atoms with Crippen molar-refractivity contribution in [2.75, 3.05) is 76.5 Å². The molecule has 5 rings (SSSR count). The second kappa shape index (κ2) is 19.0. The van der Waals surface area contributed by atoms with E-state index in [2.05, 4.69) is 15.4 Å². The van der Waals surface area contributed by atoms with Gasteiger partial charge in [0.15, 0.2) is 23.9 Å². The van der Waals surface area contributed by atoms with Crippen molar-refractivity contribution >= 4 is 46.7 Å². The van der Waals surface area contributed by atoms with Gasteiger partial charge in [-0.2, -0.15) is 18.3 Å². The van der Waals surface area contributed by atoms with Crippen molar-refractivity contribution < 1.29 is 46.3 Å². The number of aliphatic carboxylic acids is 1. The van der Waals surface area contributed by atoms with Gasteiger partial charge < -0.3 is 46.5 Å². The van der Waals surface area contributed by atoms with E-state index in [0.717, 1.165) is 27.7 Å². The van der Waals surface area contributed by atoms with Gasteiger partial charge in [-0.3, -0.25) is 14.4 Å². The smallest absolute Gasteiger partial charge is 0.435 e. The summed E-state index contributed by atoms with van der Waals surface area (Å²) in [4.78, 5) is 58.8. The minimum absolute atomic E-state index is 0.0243. The van der Waals surface area contributed by atoms with Crippen LogP contribution in [0, 0.1) is 5.82 Å². The van der Waals surface area contributed by atoms with Crippen LogP contribution in [0.4, 0.5) is 28.9 Å². The summed E-state index contributed by atoms with van der Waals surface area (Å²) < 4.78 is 59.1. The van der Waals surface area contributed by atoms with Crippen LogP contribution in [0.5, 0.6) is 0 Å². The molecule has 16 nitrogen and oxygen atoms in total. The zero-order valence-electron chi connectivity index (χ0n) is 32.4. The molecule has 21 heteroatoms. The standard InChI is InChI=1S/C38H46ClF4N11O5/c1-50-31(27-22-53(49-34(27)38(41,42)43)30-9-6-24(46)19-29(30)40)21-47-35(50)36(58)48-25-7-8-26(28(39)20-25)37(59)52-14-12-51(13-15-52)32(55)5-2-16-54(17-3-10-44,18-4-11-45)23-33(56)57/h6-9,19-22H,2-5,10-18,23,44-46H2,1H3,(H-,48,56,57,58,59)/p+1. The molecule has 2 aromatic heterocycles. The molecule has 1 aliphatic heterocycles. The molecule has 0 spiro atoms. The first-order valence-electron chi connectivity index (χ1n) is 18.9. The number of nitrogens with zero attached hydrogens (tertiary/aromatic N) is 7. The molecule has 4 aromatic rings. The summed E-state index contributed by atoms with van der Waals surface area (Å²) in [6, 6.07) is 7.68. The predicted octanol–water partition coefficient (Wildman–Crippen LogP) is 3.58. The fourth-order valence-corrected chi connectivity index (χ4v) is 7.45. The van der Waals surface area contributed by atoms with Crippen LogP contribution in [0.3, 0.4) is 0 Å². The lowest BCUT2D eigenvalue weighted by atomic mass is 10.1. The quantitative estimate of drug-likeness (QED) is 0.0591. The number of quaternary nitrogens is 1. The second-order valence-electron chi connectivity index (χ2n) is 14.3. The fourth-order valence-electron chi connectivity index (χ4n) is 7.19. The van der Waals surface area contributed by atoms with E-state index in [9.17, 15) is 41.8 Å². The van der Waals surface area contributed by atoms with Crippen LogP contribution in [0.1, 0.15) is 52.4 Å². The number of alkyl halides is 3. The first-order chi connectivity index (χ1) is 28.0. The third-order valence-electron chi connectivity index (χ3n) is 10.2. The van der Waals surface area contributed by atoms with Crippen molar-refractivity contribution in [1.82, 2.24) is 29.1 Å². The Morgan fingerprint density at radius 1 is 0.949 bits per heavy atom. The molecule has 3 heterocycles. The van der Waals surface area contributed by atoms with Gasteiger partial charge in [0.05, 0.1) is 47.7 Å². The highest BCUT2D eigenvalue weighted by atomic mass is 35.5. The summed E-state index contributed by atoms with van der Waals surface area (Å²) in [5.74, 6) is -3.35. The lowest BCUT2D eigenvalue weighted by Gasteiger charge is -2.38. The molecule has 0 bridgehead atoms. The summed E-state index contributed by atoms with van der Waals surface area (Å²) in [6.07, 6.45) is -0.876. The van der Waals surface area contributed by atoms with Gasteiger partial charge in [0.1, 0.15) is 5.69 Å². The van der Waals surface area contributed by atoms with Gasteiger partial charge in [-0.25, -0.2) is 18.9 Å². The topological polar surface area (TPSA) is 221 Å². The van der Waals surface area contributed by atoms with Crippen LogP contribution >= 0.6 is 11.6 Å². The maximum absolute atomic E-state index is 14.6. The van der Waals surface area contributed by atoms with Crippen LogP contribution in [0.2, 0.25) is 5.02 Å². The van der Waals surface area contributed by atoms with Crippen molar-refractivity contribution in [2.24, 2.45) is 18.5 Å². The Morgan fingerprint density at radius 2 is 1.59 bits per heavy atom. The van der Waals surface area contributed by atoms with Crippen molar-refractivity contribution in [3.63, 3.8) is 0 Å². The molecule has 3 amide bonds. The Kier molecular flexibility index (Phi) is 14.3. The van der Waals surface area contributed by atoms with E-state index in [1.54, 1.807) is 9.80 Å². The molecule has 0 saturated carbocycles. The molecule has 0 radical (unpaired) electrons. The largest absolute Gasteiger partial charge is 0.477 e. The summed E-state index contributed by atoms with van der Waals surface area (Å²) in [6.45, 7) is 3.53. The number of benzene rings is 2. The SMILES string of the molecule is Cn1c(-c2cn(-c3ccc(N)cc3F)nc2C(F)(F)F)cnc1C(=O)Nc1ccc(C(=O)N2CCN(C(=O)CCC[N+](CCCN)(CCCN)CC(=O)O)CC2)c(Cl)c1. The number of nitrogen functional groups attached to an aromatic ring is 1. The normalized spacial score (nSPS) is 13.5. The highest BCUT2D eigenvalue weighted by molar-refractivity contribution is 6.34. The number of rotatable bonds is 17. The van der Waals surface area contributed by atoms with Crippen LogP contribution < -0.4 is 22.5 Å². The zero-order chi connectivity index (χ0) is 43.1. The molecule has 0 atom stereocenters. The first kappa shape index (κ1) is 44.5. The third-order valence-corrected chi connectivity index (χ3v) is 10.5.